The molecule has 0 radical (unpaired) electrons. The number of hydrogen-bond acceptors (Lipinski definition) is 4. The highest BCUT2D eigenvalue weighted by molar-refractivity contribution is 5.62. The third-order valence-electron chi connectivity index (χ3n) is 5.72. The lowest BCUT2D eigenvalue weighted by Gasteiger charge is -2.32. The zero-order valence-corrected chi connectivity index (χ0v) is 16.5. The first-order valence-electron chi connectivity index (χ1n) is 10.0. The minimum atomic E-state index is -0.0278. The van der Waals surface area contributed by atoms with Crippen LogP contribution in [-0.2, 0) is 9.47 Å². The van der Waals surface area contributed by atoms with E-state index in [1.165, 1.54) is 48.5 Å². The number of allylic oxidation sites excluding steroid dienone is 7. The second-order valence-corrected chi connectivity index (χ2v) is 7.79. The maximum absolute atomic E-state index is 5.92. The summed E-state index contributed by atoms with van der Waals surface area (Å²) in [6, 6.07) is 0. The van der Waals surface area contributed by atoms with Gasteiger partial charge in [-0.05, 0) is 43.5 Å². The van der Waals surface area contributed by atoms with Crippen molar-refractivity contribution in [2.75, 3.05) is 46.6 Å². The molecule has 4 rings (SSSR count). The quantitative estimate of drug-likeness (QED) is 0.762. The Balaban J connectivity index is 1.57. The molecule has 0 aromatic carbocycles. The third-order valence-corrected chi connectivity index (χ3v) is 5.72. The van der Waals surface area contributed by atoms with Gasteiger partial charge >= 0.3 is 0 Å². The maximum Gasteiger partial charge on any atom is 0.189 e. The van der Waals surface area contributed by atoms with Crippen molar-refractivity contribution >= 4 is 0 Å². The molecule has 27 heavy (non-hydrogen) atoms. The van der Waals surface area contributed by atoms with Gasteiger partial charge in [-0.25, -0.2) is 0 Å². The van der Waals surface area contributed by atoms with Crippen LogP contribution in [0.1, 0.15) is 19.8 Å². The standard InChI is InChI=1S/C23H30N2O2/c1-18-8-9-22-21(15-18)23-19(5-3-6-20(23)16-26-17-27-22)7-4-10-25-13-11-24(2)12-14-25/h3,6-9,15-16,22H,4-5,10-14,17H2,1-2H3. The number of rotatable bonds is 3. The summed E-state index contributed by atoms with van der Waals surface area (Å²) in [7, 11) is 2.21. The molecule has 2 heterocycles. The van der Waals surface area contributed by atoms with Crippen molar-refractivity contribution in [3.05, 3.63) is 70.6 Å². The van der Waals surface area contributed by atoms with E-state index >= 15 is 0 Å². The molecule has 4 heteroatoms. The van der Waals surface area contributed by atoms with E-state index in [0.29, 0.717) is 6.79 Å². The van der Waals surface area contributed by atoms with Gasteiger partial charge in [0.1, 0.15) is 6.10 Å². The van der Waals surface area contributed by atoms with E-state index in [1.807, 2.05) is 6.26 Å². The Morgan fingerprint density at radius 2 is 2.04 bits per heavy atom. The monoisotopic (exact) mass is 366 g/mol. The number of nitrogens with zero attached hydrogens (tertiary/aromatic N) is 2. The Hall–Kier alpha value is -1.88. The molecule has 1 fully saturated rings. The number of hydrogen-bond donors (Lipinski definition) is 0. The molecule has 1 saturated heterocycles. The summed E-state index contributed by atoms with van der Waals surface area (Å²) in [6.07, 6.45) is 17.3. The molecule has 0 amide bonds. The highest BCUT2D eigenvalue weighted by atomic mass is 16.7. The lowest BCUT2D eigenvalue weighted by atomic mass is 9.82. The molecule has 0 spiro atoms. The average molecular weight is 367 g/mol. The zero-order chi connectivity index (χ0) is 18.6. The summed E-state index contributed by atoms with van der Waals surface area (Å²) in [5.74, 6) is 0. The molecule has 4 aliphatic rings. The molecule has 0 bridgehead atoms. The van der Waals surface area contributed by atoms with Crippen LogP contribution >= 0.6 is 0 Å². The van der Waals surface area contributed by atoms with Gasteiger partial charge in [0.05, 0.1) is 6.26 Å². The van der Waals surface area contributed by atoms with E-state index in [4.69, 9.17) is 9.47 Å². The summed E-state index contributed by atoms with van der Waals surface area (Å²) in [5.41, 5.74) is 6.38. The third kappa shape index (κ3) is 4.34. The first-order valence-corrected chi connectivity index (χ1v) is 10.0. The van der Waals surface area contributed by atoms with Crippen molar-refractivity contribution in [2.24, 2.45) is 0 Å². The van der Waals surface area contributed by atoms with Gasteiger partial charge in [0.2, 0.25) is 0 Å². The summed E-state index contributed by atoms with van der Waals surface area (Å²) in [6.45, 7) is 8.27. The van der Waals surface area contributed by atoms with Gasteiger partial charge in [0, 0.05) is 38.3 Å². The number of piperazine rings is 1. The fourth-order valence-electron chi connectivity index (χ4n) is 4.13. The van der Waals surface area contributed by atoms with Crippen LogP contribution in [0, 0.1) is 0 Å². The second kappa shape index (κ2) is 8.42. The average Bonchev–Trinajstić information content (AvgIpc) is 2.66. The zero-order valence-electron chi connectivity index (χ0n) is 16.5. The largest absolute Gasteiger partial charge is 0.474 e. The van der Waals surface area contributed by atoms with E-state index in [2.05, 4.69) is 60.2 Å². The lowest BCUT2D eigenvalue weighted by molar-refractivity contribution is -0.0280. The molecule has 4 nitrogen and oxygen atoms in total. The molecule has 2 aliphatic heterocycles. The molecule has 0 aromatic rings. The highest BCUT2D eigenvalue weighted by Gasteiger charge is 2.25. The Morgan fingerprint density at radius 3 is 2.89 bits per heavy atom. The Bertz CT molecular complexity index is 746. The number of likely N-dealkylation sites (N-methyl/N-ethyl adjacent to an activating group) is 1. The van der Waals surface area contributed by atoms with Crippen LogP contribution in [0.25, 0.3) is 0 Å². The summed E-state index contributed by atoms with van der Waals surface area (Å²) in [5, 5.41) is 0. The predicted molar refractivity (Wildman–Crippen MR) is 109 cm³/mol. The fraction of sp³-hybridized carbons (Fsp3) is 0.478. The van der Waals surface area contributed by atoms with Crippen LogP contribution in [0.15, 0.2) is 70.6 Å². The fourth-order valence-corrected chi connectivity index (χ4v) is 4.13. The molecule has 0 aromatic heterocycles. The number of ether oxygens (including phenoxy) is 2. The Morgan fingerprint density at radius 1 is 1.19 bits per heavy atom. The predicted octanol–water partition coefficient (Wildman–Crippen LogP) is 3.58. The van der Waals surface area contributed by atoms with E-state index in [1.54, 1.807) is 0 Å². The summed E-state index contributed by atoms with van der Waals surface area (Å²) in [4.78, 5) is 4.98. The molecule has 144 valence electrons. The first kappa shape index (κ1) is 18.5. The van der Waals surface area contributed by atoms with E-state index in [9.17, 15) is 0 Å². The second-order valence-electron chi connectivity index (χ2n) is 7.79. The van der Waals surface area contributed by atoms with E-state index < -0.39 is 0 Å². The Labute approximate surface area is 162 Å². The Kier molecular flexibility index (Phi) is 5.77. The van der Waals surface area contributed by atoms with Crippen molar-refractivity contribution in [3.8, 4) is 0 Å². The number of fused-ring (bicyclic) bond motifs is 2. The van der Waals surface area contributed by atoms with E-state index in [-0.39, 0.29) is 6.10 Å². The van der Waals surface area contributed by atoms with Crippen LogP contribution in [-0.4, -0.2) is 62.5 Å². The highest BCUT2D eigenvalue weighted by Crippen LogP contribution is 2.37. The van der Waals surface area contributed by atoms with Crippen molar-refractivity contribution in [1.29, 1.82) is 0 Å². The van der Waals surface area contributed by atoms with Gasteiger partial charge in [0.25, 0.3) is 0 Å². The molecule has 2 aliphatic carbocycles. The minimum Gasteiger partial charge on any atom is -0.474 e. The molecular formula is C23H30N2O2. The van der Waals surface area contributed by atoms with Crippen LogP contribution in [0.5, 0.6) is 0 Å². The van der Waals surface area contributed by atoms with Crippen molar-refractivity contribution < 1.29 is 9.47 Å². The molecule has 0 saturated carbocycles. The molecule has 1 unspecified atom stereocenters. The first-order chi connectivity index (χ1) is 13.2. The van der Waals surface area contributed by atoms with Crippen LogP contribution in [0.2, 0.25) is 0 Å². The van der Waals surface area contributed by atoms with Crippen LogP contribution in [0.3, 0.4) is 0 Å². The van der Waals surface area contributed by atoms with Crippen LogP contribution < -0.4 is 0 Å². The summed E-state index contributed by atoms with van der Waals surface area (Å²) >= 11 is 0. The van der Waals surface area contributed by atoms with Gasteiger partial charge in [0.15, 0.2) is 6.79 Å². The van der Waals surface area contributed by atoms with Crippen LogP contribution in [0.4, 0.5) is 0 Å². The van der Waals surface area contributed by atoms with Gasteiger partial charge in [-0.2, -0.15) is 0 Å². The van der Waals surface area contributed by atoms with Gasteiger partial charge in [-0.3, -0.25) is 0 Å². The molecular weight excluding hydrogens is 336 g/mol. The minimum absolute atomic E-state index is 0.0278. The molecule has 1 atom stereocenters. The van der Waals surface area contributed by atoms with Crippen molar-refractivity contribution in [3.63, 3.8) is 0 Å². The smallest absolute Gasteiger partial charge is 0.189 e. The van der Waals surface area contributed by atoms with Crippen molar-refractivity contribution in [2.45, 2.75) is 25.9 Å². The topological polar surface area (TPSA) is 24.9 Å². The maximum atomic E-state index is 5.92. The normalized spacial score (nSPS) is 28.1. The summed E-state index contributed by atoms with van der Waals surface area (Å²) < 4.78 is 11.5. The lowest BCUT2D eigenvalue weighted by Crippen LogP contribution is -2.44. The molecule has 0 N–H and O–H groups in total. The SMILES string of the molecule is CC1=CC2=C3C(=COCOC2C=C1)C=CCC3=CCCN1CCN(C)CC1. The van der Waals surface area contributed by atoms with Gasteiger partial charge < -0.3 is 19.3 Å². The van der Waals surface area contributed by atoms with E-state index in [0.717, 1.165) is 25.0 Å². The van der Waals surface area contributed by atoms with Gasteiger partial charge in [-0.15, -0.1) is 0 Å². The van der Waals surface area contributed by atoms with Gasteiger partial charge in [-0.1, -0.05) is 42.0 Å². The van der Waals surface area contributed by atoms with Crippen molar-refractivity contribution in [1.82, 2.24) is 9.80 Å².